The van der Waals surface area contributed by atoms with Gasteiger partial charge in [0.2, 0.25) is 5.91 Å². The molecule has 92 valence electrons. The Kier molecular flexibility index (Phi) is 4.77. The van der Waals surface area contributed by atoms with Gasteiger partial charge in [-0.25, -0.2) is 9.97 Å². The minimum atomic E-state index is -0.0600. The van der Waals surface area contributed by atoms with E-state index in [1.54, 1.807) is 11.9 Å². The third-order valence-corrected chi connectivity index (χ3v) is 2.25. The van der Waals surface area contributed by atoms with Crippen LogP contribution < -0.4 is 16.0 Å². The van der Waals surface area contributed by atoms with Crippen molar-refractivity contribution in [3.63, 3.8) is 0 Å². The number of likely N-dealkylation sites (N-methyl/N-ethyl adjacent to an activating group) is 2. The molecule has 0 saturated carbocycles. The van der Waals surface area contributed by atoms with Crippen LogP contribution in [0.2, 0.25) is 0 Å². The number of aromatic nitrogens is 2. The number of nitrogens with zero attached hydrogens (tertiary/aromatic N) is 3. The SMILES string of the molecule is CCNC(=O)CN(C)c1cnc(C(N)=S)cn1. The van der Waals surface area contributed by atoms with Crippen LogP contribution in [0.5, 0.6) is 0 Å². The average Bonchev–Trinajstić information content (AvgIpc) is 2.29. The first-order chi connectivity index (χ1) is 8.04. The second-order valence-electron chi connectivity index (χ2n) is 3.43. The molecule has 1 rings (SSSR count). The molecule has 0 bridgehead atoms. The molecule has 0 radical (unpaired) electrons. The maximum absolute atomic E-state index is 11.4. The standard InChI is InChI=1S/C10H15N5OS/c1-3-12-9(16)6-15(2)8-5-13-7(4-14-8)10(11)17/h4-5H,3,6H2,1-2H3,(H2,11,17)(H,12,16). The summed E-state index contributed by atoms with van der Waals surface area (Å²) in [5.41, 5.74) is 5.88. The Labute approximate surface area is 105 Å². The fourth-order valence-corrected chi connectivity index (χ4v) is 1.30. The van der Waals surface area contributed by atoms with E-state index in [0.29, 0.717) is 18.1 Å². The lowest BCUT2D eigenvalue weighted by Crippen LogP contribution is -2.35. The summed E-state index contributed by atoms with van der Waals surface area (Å²) in [5, 5.41) is 2.71. The van der Waals surface area contributed by atoms with Gasteiger partial charge in [-0.1, -0.05) is 12.2 Å². The van der Waals surface area contributed by atoms with Crippen molar-refractivity contribution in [3.8, 4) is 0 Å². The molecule has 7 heteroatoms. The van der Waals surface area contributed by atoms with Gasteiger partial charge in [-0.2, -0.15) is 0 Å². The summed E-state index contributed by atoms with van der Waals surface area (Å²) in [4.78, 5) is 21.4. The predicted octanol–water partition coefficient (Wildman–Crippen LogP) is -0.317. The van der Waals surface area contributed by atoms with E-state index in [4.69, 9.17) is 18.0 Å². The van der Waals surface area contributed by atoms with E-state index in [-0.39, 0.29) is 17.4 Å². The van der Waals surface area contributed by atoms with Gasteiger partial charge >= 0.3 is 0 Å². The molecule has 0 spiro atoms. The molecule has 0 unspecified atom stereocenters. The first-order valence-corrected chi connectivity index (χ1v) is 5.55. The third-order valence-electron chi connectivity index (χ3n) is 2.04. The molecule has 0 aliphatic rings. The maximum atomic E-state index is 11.4. The number of carbonyl (C=O) groups excluding carboxylic acids is 1. The molecule has 1 aromatic rings. The number of anilines is 1. The largest absolute Gasteiger partial charge is 0.388 e. The summed E-state index contributed by atoms with van der Waals surface area (Å²) < 4.78 is 0. The summed E-state index contributed by atoms with van der Waals surface area (Å²) in [6.45, 7) is 2.71. The molecule has 0 saturated heterocycles. The van der Waals surface area contributed by atoms with Crippen molar-refractivity contribution in [2.24, 2.45) is 5.73 Å². The molecule has 1 amide bonds. The normalized spacial score (nSPS) is 9.76. The van der Waals surface area contributed by atoms with Crippen molar-refractivity contribution < 1.29 is 4.79 Å². The van der Waals surface area contributed by atoms with E-state index in [1.165, 1.54) is 12.4 Å². The van der Waals surface area contributed by atoms with Crippen LogP contribution in [0.3, 0.4) is 0 Å². The van der Waals surface area contributed by atoms with Gasteiger partial charge in [0.05, 0.1) is 18.9 Å². The average molecular weight is 253 g/mol. The predicted molar refractivity (Wildman–Crippen MR) is 69.9 cm³/mol. The van der Waals surface area contributed by atoms with Gasteiger partial charge in [0.25, 0.3) is 0 Å². The van der Waals surface area contributed by atoms with Crippen LogP contribution in [0, 0.1) is 0 Å². The van der Waals surface area contributed by atoms with Crippen molar-refractivity contribution in [1.29, 1.82) is 0 Å². The van der Waals surface area contributed by atoms with Crippen molar-refractivity contribution in [2.75, 3.05) is 25.0 Å². The van der Waals surface area contributed by atoms with Crippen LogP contribution >= 0.6 is 12.2 Å². The molecule has 6 nitrogen and oxygen atoms in total. The highest BCUT2D eigenvalue weighted by atomic mass is 32.1. The van der Waals surface area contributed by atoms with Gasteiger partial charge in [-0.15, -0.1) is 0 Å². The summed E-state index contributed by atoms with van der Waals surface area (Å²) in [6, 6.07) is 0. The van der Waals surface area contributed by atoms with Gasteiger partial charge in [0.15, 0.2) is 0 Å². The van der Waals surface area contributed by atoms with E-state index < -0.39 is 0 Å². The van der Waals surface area contributed by atoms with E-state index in [1.807, 2.05) is 6.92 Å². The molecular formula is C10H15N5OS. The second-order valence-corrected chi connectivity index (χ2v) is 3.87. The molecule has 17 heavy (non-hydrogen) atoms. The van der Waals surface area contributed by atoms with Crippen molar-refractivity contribution in [1.82, 2.24) is 15.3 Å². The zero-order chi connectivity index (χ0) is 12.8. The van der Waals surface area contributed by atoms with Crippen molar-refractivity contribution in [2.45, 2.75) is 6.92 Å². The number of amides is 1. The Hall–Kier alpha value is -1.76. The van der Waals surface area contributed by atoms with Crippen LogP contribution in [-0.4, -0.2) is 41.0 Å². The molecular weight excluding hydrogens is 238 g/mol. The number of carbonyl (C=O) groups is 1. The molecule has 0 aliphatic carbocycles. The van der Waals surface area contributed by atoms with Crippen LogP contribution in [0.1, 0.15) is 12.6 Å². The molecule has 0 fully saturated rings. The lowest BCUT2D eigenvalue weighted by Gasteiger charge is -2.16. The third kappa shape index (κ3) is 3.95. The van der Waals surface area contributed by atoms with Crippen LogP contribution in [0.4, 0.5) is 5.82 Å². The molecule has 0 aliphatic heterocycles. The highest BCUT2D eigenvalue weighted by Gasteiger charge is 2.08. The topological polar surface area (TPSA) is 84.1 Å². The van der Waals surface area contributed by atoms with Crippen molar-refractivity contribution >= 4 is 28.9 Å². The maximum Gasteiger partial charge on any atom is 0.239 e. The first kappa shape index (κ1) is 13.3. The van der Waals surface area contributed by atoms with Gasteiger partial charge < -0.3 is 16.0 Å². The fraction of sp³-hybridized carbons (Fsp3) is 0.400. The molecule has 1 aromatic heterocycles. The molecule has 0 aromatic carbocycles. The number of hydrogen-bond acceptors (Lipinski definition) is 5. The molecule has 1 heterocycles. The van der Waals surface area contributed by atoms with E-state index >= 15 is 0 Å². The zero-order valence-corrected chi connectivity index (χ0v) is 10.6. The summed E-state index contributed by atoms with van der Waals surface area (Å²) in [5.74, 6) is 0.534. The monoisotopic (exact) mass is 253 g/mol. The number of hydrogen-bond donors (Lipinski definition) is 2. The number of rotatable bonds is 5. The van der Waals surface area contributed by atoms with Gasteiger partial charge in [-0.05, 0) is 6.92 Å². The zero-order valence-electron chi connectivity index (χ0n) is 9.80. The fourth-order valence-electron chi connectivity index (χ4n) is 1.20. The first-order valence-electron chi connectivity index (χ1n) is 5.14. The summed E-state index contributed by atoms with van der Waals surface area (Å²) >= 11 is 4.77. The minimum Gasteiger partial charge on any atom is -0.388 e. The summed E-state index contributed by atoms with van der Waals surface area (Å²) in [6.07, 6.45) is 3.03. The van der Waals surface area contributed by atoms with Gasteiger partial charge in [0, 0.05) is 13.6 Å². The van der Waals surface area contributed by atoms with Crippen LogP contribution in [0.25, 0.3) is 0 Å². The number of nitrogens with one attached hydrogen (secondary N) is 1. The lowest BCUT2D eigenvalue weighted by molar-refractivity contribution is -0.119. The van der Waals surface area contributed by atoms with Gasteiger partial charge in [-0.3, -0.25) is 4.79 Å². The highest BCUT2D eigenvalue weighted by molar-refractivity contribution is 7.80. The van der Waals surface area contributed by atoms with Crippen LogP contribution in [0.15, 0.2) is 12.4 Å². The van der Waals surface area contributed by atoms with Crippen molar-refractivity contribution in [3.05, 3.63) is 18.1 Å². The Bertz CT molecular complexity index is 406. The highest BCUT2D eigenvalue weighted by Crippen LogP contribution is 2.06. The Morgan fingerprint density at radius 2 is 2.24 bits per heavy atom. The minimum absolute atomic E-state index is 0.0600. The quantitative estimate of drug-likeness (QED) is 0.700. The Morgan fingerprint density at radius 1 is 1.53 bits per heavy atom. The molecule has 0 atom stereocenters. The lowest BCUT2D eigenvalue weighted by atomic mass is 10.4. The number of nitrogens with two attached hydrogens (primary N) is 1. The van der Waals surface area contributed by atoms with E-state index in [0.717, 1.165) is 0 Å². The molecule has 3 N–H and O–H groups in total. The Morgan fingerprint density at radius 3 is 2.71 bits per heavy atom. The smallest absolute Gasteiger partial charge is 0.239 e. The Balaban J connectivity index is 2.66. The van der Waals surface area contributed by atoms with Gasteiger partial charge in [0.1, 0.15) is 16.5 Å². The van der Waals surface area contributed by atoms with E-state index in [9.17, 15) is 4.79 Å². The second kappa shape index (κ2) is 6.09. The van der Waals surface area contributed by atoms with E-state index in [2.05, 4.69) is 15.3 Å². The number of thiocarbonyl (C=S) groups is 1. The van der Waals surface area contributed by atoms with Crippen LogP contribution in [-0.2, 0) is 4.79 Å². The summed E-state index contributed by atoms with van der Waals surface area (Å²) in [7, 11) is 1.76.